The van der Waals surface area contributed by atoms with Gasteiger partial charge in [0, 0.05) is 17.5 Å². The van der Waals surface area contributed by atoms with Crippen molar-refractivity contribution in [1.29, 1.82) is 0 Å². The molecule has 0 aliphatic heterocycles. The Kier molecular flexibility index (Phi) is 11.2. The van der Waals surface area contributed by atoms with E-state index in [0.717, 1.165) is 12.8 Å². The number of carboxylic acid groups (broad SMARTS) is 1. The highest BCUT2D eigenvalue weighted by Gasteiger charge is 2.21. The second-order valence-corrected chi connectivity index (χ2v) is 9.18. The molecule has 2 N–H and O–H groups in total. The summed E-state index contributed by atoms with van der Waals surface area (Å²) in [4.78, 5) is 35.1. The molecule has 0 aromatic heterocycles. The van der Waals surface area contributed by atoms with Crippen LogP contribution in [0.2, 0.25) is 0 Å². The summed E-state index contributed by atoms with van der Waals surface area (Å²) >= 11 is 3.45. The van der Waals surface area contributed by atoms with Crippen LogP contribution in [-0.2, 0) is 17.6 Å². The summed E-state index contributed by atoms with van der Waals surface area (Å²) < 4.78 is 18.0. The quantitative estimate of drug-likeness (QED) is 0.206. The van der Waals surface area contributed by atoms with E-state index in [1.807, 2.05) is 13.8 Å². The van der Waals surface area contributed by atoms with E-state index in [-0.39, 0.29) is 36.1 Å². The standard InChI is InChI=1S/C27H33BrO8/c1-5-8-19-23(36-15-24(31)32)11-10-18(16(3)29)26(19)34-12-7-13-35-27-20(9-6-2)25(33)21(17(4)30)14-22(27)28/h10-11,14,33H,5-9,12-13,15H2,1-4H3,(H,31,32). The Balaban J connectivity index is 2.18. The van der Waals surface area contributed by atoms with Crippen molar-refractivity contribution in [1.82, 2.24) is 0 Å². The maximum Gasteiger partial charge on any atom is 0.341 e. The van der Waals surface area contributed by atoms with E-state index in [2.05, 4.69) is 15.9 Å². The third-order valence-corrected chi connectivity index (χ3v) is 6.00. The number of rotatable bonds is 15. The average Bonchev–Trinajstić information content (AvgIpc) is 2.81. The van der Waals surface area contributed by atoms with Crippen molar-refractivity contribution in [3.05, 3.63) is 44.9 Å². The first-order valence-electron chi connectivity index (χ1n) is 11.9. The lowest BCUT2D eigenvalue weighted by molar-refractivity contribution is -0.139. The van der Waals surface area contributed by atoms with E-state index in [4.69, 9.17) is 19.3 Å². The van der Waals surface area contributed by atoms with Crippen LogP contribution in [0.1, 0.15) is 78.8 Å². The van der Waals surface area contributed by atoms with Gasteiger partial charge in [0.05, 0.1) is 28.8 Å². The first kappa shape index (κ1) is 29.2. The number of hydrogen-bond donors (Lipinski definition) is 2. The zero-order chi connectivity index (χ0) is 26.8. The van der Waals surface area contributed by atoms with Crippen LogP contribution in [0.3, 0.4) is 0 Å². The van der Waals surface area contributed by atoms with Gasteiger partial charge in [-0.25, -0.2) is 4.79 Å². The fourth-order valence-corrected chi connectivity index (χ4v) is 4.38. The summed E-state index contributed by atoms with van der Waals surface area (Å²) in [6.45, 7) is 6.80. The van der Waals surface area contributed by atoms with Gasteiger partial charge < -0.3 is 24.4 Å². The molecule has 9 heteroatoms. The molecule has 0 radical (unpaired) electrons. The van der Waals surface area contributed by atoms with Gasteiger partial charge in [0.25, 0.3) is 0 Å². The Bertz CT molecular complexity index is 1110. The normalized spacial score (nSPS) is 10.7. The number of carbonyl (C=O) groups is 3. The number of aliphatic carboxylic acids is 1. The molecule has 36 heavy (non-hydrogen) atoms. The monoisotopic (exact) mass is 564 g/mol. The van der Waals surface area contributed by atoms with Crippen LogP contribution in [0.25, 0.3) is 0 Å². The minimum Gasteiger partial charge on any atom is -0.507 e. The van der Waals surface area contributed by atoms with Gasteiger partial charge in [0.2, 0.25) is 0 Å². The van der Waals surface area contributed by atoms with Crippen molar-refractivity contribution < 1.29 is 38.8 Å². The van der Waals surface area contributed by atoms with Gasteiger partial charge in [0.15, 0.2) is 18.2 Å². The number of hydrogen-bond acceptors (Lipinski definition) is 7. The minimum atomic E-state index is -1.09. The van der Waals surface area contributed by atoms with Crippen LogP contribution < -0.4 is 14.2 Å². The van der Waals surface area contributed by atoms with E-state index < -0.39 is 12.6 Å². The molecule has 0 unspecified atom stereocenters. The predicted octanol–water partition coefficient (Wildman–Crippen LogP) is 5.78. The van der Waals surface area contributed by atoms with Crippen LogP contribution in [0.15, 0.2) is 22.7 Å². The van der Waals surface area contributed by atoms with E-state index in [9.17, 15) is 19.5 Å². The number of halogens is 1. The van der Waals surface area contributed by atoms with Gasteiger partial charge >= 0.3 is 5.97 Å². The number of carbonyl (C=O) groups excluding carboxylic acids is 2. The molecule has 2 rings (SSSR count). The van der Waals surface area contributed by atoms with Crippen LogP contribution >= 0.6 is 15.9 Å². The second kappa shape index (κ2) is 13.9. The number of carboxylic acids is 1. The van der Waals surface area contributed by atoms with Crippen molar-refractivity contribution in [2.24, 2.45) is 0 Å². The number of ether oxygens (including phenoxy) is 3. The molecule has 196 valence electrons. The fraction of sp³-hybridized carbons (Fsp3) is 0.444. The van der Waals surface area contributed by atoms with Crippen LogP contribution in [0.5, 0.6) is 23.0 Å². The maximum atomic E-state index is 12.2. The molecule has 0 amide bonds. The Morgan fingerprint density at radius 2 is 1.44 bits per heavy atom. The highest BCUT2D eigenvalue weighted by atomic mass is 79.9. The van der Waals surface area contributed by atoms with Crippen LogP contribution in [0.4, 0.5) is 0 Å². The lowest BCUT2D eigenvalue weighted by Crippen LogP contribution is -2.13. The van der Waals surface area contributed by atoms with Gasteiger partial charge in [0.1, 0.15) is 23.0 Å². The van der Waals surface area contributed by atoms with Crippen molar-refractivity contribution in [2.75, 3.05) is 19.8 Å². The average molecular weight is 565 g/mol. The molecule has 0 aliphatic rings. The van der Waals surface area contributed by atoms with E-state index in [1.165, 1.54) is 13.8 Å². The maximum absolute atomic E-state index is 12.2. The molecule has 0 fully saturated rings. The second-order valence-electron chi connectivity index (χ2n) is 8.33. The molecule has 0 saturated heterocycles. The summed E-state index contributed by atoms with van der Waals surface area (Å²) in [5.41, 5.74) is 1.88. The molecule has 2 aromatic rings. The first-order chi connectivity index (χ1) is 17.1. The number of ketones is 2. The smallest absolute Gasteiger partial charge is 0.341 e. The molecule has 0 bridgehead atoms. The van der Waals surface area contributed by atoms with E-state index in [0.29, 0.717) is 57.7 Å². The van der Waals surface area contributed by atoms with Crippen molar-refractivity contribution in [3.8, 4) is 23.0 Å². The van der Waals surface area contributed by atoms with Gasteiger partial charge in [-0.2, -0.15) is 0 Å². The lowest BCUT2D eigenvalue weighted by atomic mass is 10.0. The summed E-state index contributed by atoms with van der Waals surface area (Å²) in [7, 11) is 0. The molecule has 0 saturated carbocycles. The molecular formula is C27H33BrO8. The Labute approximate surface area is 219 Å². The third kappa shape index (κ3) is 7.46. The van der Waals surface area contributed by atoms with Crippen molar-refractivity contribution in [2.45, 2.75) is 59.8 Å². The van der Waals surface area contributed by atoms with Gasteiger partial charge in [-0.3, -0.25) is 9.59 Å². The zero-order valence-electron chi connectivity index (χ0n) is 21.1. The number of phenolic OH excluding ortho intramolecular Hbond substituents is 1. The highest BCUT2D eigenvalue weighted by Crippen LogP contribution is 2.39. The minimum absolute atomic E-state index is 0.0627. The summed E-state index contributed by atoms with van der Waals surface area (Å²) in [6, 6.07) is 4.74. The van der Waals surface area contributed by atoms with E-state index >= 15 is 0 Å². The van der Waals surface area contributed by atoms with Crippen LogP contribution in [-0.4, -0.2) is 47.6 Å². The summed E-state index contributed by atoms with van der Waals surface area (Å²) in [5.74, 6) is -0.300. The highest BCUT2D eigenvalue weighted by molar-refractivity contribution is 9.10. The number of benzene rings is 2. The molecule has 0 atom stereocenters. The topological polar surface area (TPSA) is 119 Å². The molecule has 0 heterocycles. The molecule has 2 aromatic carbocycles. The molecule has 0 aliphatic carbocycles. The molecule has 0 spiro atoms. The van der Waals surface area contributed by atoms with E-state index in [1.54, 1.807) is 18.2 Å². The van der Waals surface area contributed by atoms with Crippen molar-refractivity contribution >= 4 is 33.5 Å². The first-order valence-corrected chi connectivity index (χ1v) is 12.7. The Morgan fingerprint density at radius 3 is 2.00 bits per heavy atom. The van der Waals surface area contributed by atoms with Gasteiger partial charge in [-0.15, -0.1) is 0 Å². The SMILES string of the molecule is CCCc1c(O)c(C(C)=O)cc(Br)c1OCCCOc1c(C(C)=O)ccc(OCC(=O)O)c1CCC. The number of Topliss-reactive ketones (excluding diaryl/α,β-unsaturated/α-hetero) is 2. The fourth-order valence-electron chi connectivity index (χ4n) is 3.80. The summed E-state index contributed by atoms with van der Waals surface area (Å²) in [5, 5.41) is 19.6. The predicted molar refractivity (Wildman–Crippen MR) is 139 cm³/mol. The number of phenols is 1. The molecule has 8 nitrogen and oxygen atoms in total. The Hall–Kier alpha value is -3.07. The third-order valence-electron chi connectivity index (χ3n) is 5.41. The van der Waals surface area contributed by atoms with Crippen LogP contribution in [0, 0.1) is 0 Å². The number of aromatic hydroxyl groups is 1. The molecular weight excluding hydrogens is 532 g/mol. The van der Waals surface area contributed by atoms with Gasteiger partial charge in [-0.1, -0.05) is 26.7 Å². The summed E-state index contributed by atoms with van der Waals surface area (Å²) in [6.07, 6.45) is 3.07. The van der Waals surface area contributed by atoms with Gasteiger partial charge in [-0.05, 0) is 60.8 Å². The zero-order valence-corrected chi connectivity index (χ0v) is 22.7. The largest absolute Gasteiger partial charge is 0.507 e. The Morgan fingerprint density at radius 1 is 0.861 bits per heavy atom. The van der Waals surface area contributed by atoms with Crippen molar-refractivity contribution in [3.63, 3.8) is 0 Å². The lowest BCUT2D eigenvalue weighted by Gasteiger charge is -2.19.